The number of pyridine rings is 1. The van der Waals surface area contributed by atoms with Crippen LogP contribution in [0.1, 0.15) is 12.8 Å². The van der Waals surface area contributed by atoms with Gasteiger partial charge in [0.2, 0.25) is 0 Å². The molecule has 0 radical (unpaired) electrons. The molecule has 0 aromatic carbocycles. The summed E-state index contributed by atoms with van der Waals surface area (Å²) in [6.07, 6.45) is 5.79. The van der Waals surface area contributed by atoms with E-state index < -0.39 is 0 Å². The summed E-state index contributed by atoms with van der Waals surface area (Å²) >= 11 is 0. The summed E-state index contributed by atoms with van der Waals surface area (Å²) in [4.78, 5) is 19.7. The smallest absolute Gasteiger partial charge is 0.323 e. The van der Waals surface area contributed by atoms with Crippen molar-refractivity contribution < 1.29 is 4.74 Å². The molecule has 0 spiro atoms. The summed E-state index contributed by atoms with van der Waals surface area (Å²) in [7, 11) is 0. The monoisotopic (exact) mass is 207 g/mol. The number of H-pyrrole nitrogens is 2. The summed E-state index contributed by atoms with van der Waals surface area (Å²) in [5, 5.41) is 0. The number of ether oxygens (including phenoxy) is 1. The lowest BCUT2D eigenvalue weighted by molar-refractivity contribution is 0.198. The van der Waals surface area contributed by atoms with Crippen LogP contribution in [0, 0.1) is 0 Å². The largest absolute Gasteiger partial charge is 0.381 e. The summed E-state index contributed by atoms with van der Waals surface area (Å²) in [6.45, 7) is 2.00. The van der Waals surface area contributed by atoms with E-state index in [1.807, 2.05) is 0 Å². The van der Waals surface area contributed by atoms with Crippen molar-refractivity contribution in [1.29, 1.82) is 0 Å². The Bertz CT molecular complexity index is 427. The van der Waals surface area contributed by atoms with E-state index in [0.717, 1.165) is 24.2 Å². The molecule has 0 bridgehead atoms. The first-order valence-corrected chi connectivity index (χ1v) is 4.96. The highest BCUT2D eigenvalue weighted by Gasteiger charge is 1.95. The van der Waals surface area contributed by atoms with Gasteiger partial charge in [0.05, 0.1) is 17.2 Å². The van der Waals surface area contributed by atoms with Gasteiger partial charge in [-0.15, -0.1) is 0 Å². The Hall–Kier alpha value is -1.62. The molecular weight excluding hydrogens is 194 g/mol. The number of nitrogens with one attached hydrogen (secondary N) is 2. The second kappa shape index (κ2) is 4.75. The zero-order chi connectivity index (χ0) is 10.5. The van der Waals surface area contributed by atoms with Crippen LogP contribution in [0.4, 0.5) is 0 Å². The first kappa shape index (κ1) is 9.92. The van der Waals surface area contributed by atoms with Crippen molar-refractivity contribution in [3.8, 4) is 0 Å². The SMILES string of the molecule is C1CCOC1.O=c1[nH]c2ccncc2[nH]1. The highest BCUT2D eigenvalue weighted by atomic mass is 16.5. The van der Waals surface area contributed by atoms with E-state index in [0.29, 0.717) is 0 Å². The van der Waals surface area contributed by atoms with Crippen LogP contribution in [0.25, 0.3) is 11.0 Å². The molecular formula is C10H13N3O2. The van der Waals surface area contributed by atoms with Crippen molar-refractivity contribution in [3.63, 3.8) is 0 Å². The van der Waals surface area contributed by atoms with E-state index in [2.05, 4.69) is 15.0 Å². The Balaban J connectivity index is 0.000000144. The van der Waals surface area contributed by atoms with Gasteiger partial charge in [-0.25, -0.2) is 4.79 Å². The number of aromatic nitrogens is 3. The van der Waals surface area contributed by atoms with Crippen molar-refractivity contribution in [2.75, 3.05) is 13.2 Å². The number of hydrogen-bond acceptors (Lipinski definition) is 3. The number of rotatable bonds is 0. The van der Waals surface area contributed by atoms with Gasteiger partial charge in [-0.1, -0.05) is 0 Å². The van der Waals surface area contributed by atoms with Gasteiger partial charge < -0.3 is 14.7 Å². The summed E-state index contributed by atoms with van der Waals surface area (Å²) < 4.78 is 4.94. The molecule has 15 heavy (non-hydrogen) atoms. The highest BCUT2D eigenvalue weighted by molar-refractivity contribution is 5.72. The van der Waals surface area contributed by atoms with E-state index >= 15 is 0 Å². The molecule has 1 saturated heterocycles. The lowest BCUT2D eigenvalue weighted by Crippen LogP contribution is -1.99. The zero-order valence-electron chi connectivity index (χ0n) is 8.32. The van der Waals surface area contributed by atoms with E-state index in [4.69, 9.17) is 4.74 Å². The fourth-order valence-electron chi connectivity index (χ4n) is 1.39. The number of imidazole rings is 1. The van der Waals surface area contributed by atoms with Crippen molar-refractivity contribution in [2.45, 2.75) is 12.8 Å². The number of hydrogen-bond donors (Lipinski definition) is 2. The maximum atomic E-state index is 10.6. The molecule has 80 valence electrons. The average Bonchev–Trinajstić information content (AvgIpc) is 2.87. The molecule has 5 heteroatoms. The van der Waals surface area contributed by atoms with Crippen molar-refractivity contribution in [1.82, 2.24) is 15.0 Å². The molecule has 0 amide bonds. The molecule has 2 aromatic heterocycles. The van der Waals surface area contributed by atoms with Crippen molar-refractivity contribution >= 4 is 11.0 Å². The van der Waals surface area contributed by atoms with Gasteiger partial charge in [0.25, 0.3) is 0 Å². The standard InChI is InChI=1S/C6H5N3O.C4H8O/c10-6-8-4-1-2-7-3-5(4)9-6;1-2-4-5-3-1/h1-3H,(H2,8,9,10);1-4H2. The summed E-state index contributed by atoms with van der Waals surface area (Å²) in [6, 6.07) is 1.74. The van der Waals surface area contributed by atoms with Crippen molar-refractivity contribution in [2.24, 2.45) is 0 Å². The van der Waals surface area contributed by atoms with Crippen LogP contribution in [-0.2, 0) is 4.74 Å². The number of aromatic amines is 2. The van der Waals surface area contributed by atoms with Crippen LogP contribution in [0.5, 0.6) is 0 Å². The maximum absolute atomic E-state index is 10.6. The average molecular weight is 207 g/mol. The van der Waals surface area contributed by atoms with E-state index in [1.165, 1.54) is 12.8 Å². The number of fused-ring (bicyclic) bond motifs is 1. The molecule has 0 aliphatic carbocycles. The Morgan fingerprint density at radius 1 is 1.20 bits per heavy atom. The maximum Gasteiger partial charge on any atom is 0.323 e. The minimum absolute atomic E-state index is 0.192. The summed E-state index contributed by atoms with van der Waals surface area (Å²) in [5.41, 5.74) is 1.34. The van der Waals surface area contributed by atoms with E-state index in [-0.39, 0.29) is 5.69 Å². The molecule has 3 rings (SSSR count). The van der Waals surface area contributed by atoms with Gasteiger partial charge in [0.1, 0.15) is 0 Å². The Morgan fingerprint density at radius 3 is 2.53 bits per heavy atom. The molecule has 0 atom stereocenters. The fourth-order valence-corrected chi connectivity index (χ4v) is 1.39. The predicted molar refractivity (Wildman–Crippen MR) is 56.8 cm³/mol. The first-order chi connectivity index (χ1) is 7.36. The molecule has 0 saturated carbocycles. The molecule has 2 aromatic rings. The molecule has 1 fully saturated rings. The van der Waals surface area contributed by atoms with Gasteiger partial charge in [-0.3, -0.25) is 4.98 Å². The van der Waals surface area contributed by atoms with Gasteiger partial charge in [0.15, 0.2) is 0 Å². The van der Waals surface area contributed by atoms with E-state index in [9.17, 15) is 4.79 Å². The summed E-state index contributed by atoms with van der Waals surface area (Å²) in [5.74, 6) is 0. The van der Waals surface area contributed by atoms with Gasteiger partial charge in [0, 0.05) is 19.4 Å². The third kappa shape index (κ3) is 2.66. The third-order valence-electron chi connectivity index (χ3n) is 2.14. The molecule has 3 heterocycles. The van der Waals surface area contributed by atoms with Crippen LogP contribution in [0.15, 0.2) is 23.3 Å². The lowest BCUT2D eigenvalue weighted by Gasteiger charge is -1.81. The van der Waals surface area contributed by atoms with Gasteiger partial charge in [-0.2, -0.15) is 0 Å². The molecule has 5 nitrogen and oxygen atoms in total. The zero-order valence-corrected chi connectivity index (χ0v) is 8.32. The van der Waals surface area contributed by atoms with Gasteiger partial charge in [-0.05, 0) is 18.9 Å². The van der Waals surface area contributed by atoms with Crippen LogP contribution < -0.4 is 5.69 Å². The topological polar surface area (TPSA) is 70.8 Å². The minimum Gasteiger partial charge on any atom is -0.381 e. The highest BCUT2D eigenvalue weighted by Crippen LogP contribution is 2.00. The normalized spacial score (nSPS) is 14.9. The van der Waals surface area contributed by atoms with Crippen LogP contribution >= 0.6 is 0 Å². The third-order valence-corrected chi connectivity index (χ3v) is 2.14. The quantitative estimate of drug-likeness (QED) is 0.678. The van der Waals surface area contributed by atoms with Crippen LogP contribution in [-0.4, -0.2) is 28.2 Å². The minimum atomic E-state index is -0.192. The molecule has 1 aliphatic rings. The molecule has 2 N–H and O–H groups in total. The second-order valence-electron chi connectivity index (χ2n) is 3.32. The fraction of sp³-hybridized carbons (Fsp3) is 0.400. The van der Waals surface area contributed by atoms with Crippen molar-refractivity contribution in [3.05, 3.63) is 28.9 Å². The molecule has 1 aliphatic heterocycles. The first-order valence-electron chi connectivity index (χ1n) is 4.96. The Kier molecular flexibility index (Phi) is 3.14. The Labute approximate surface area is 86.5 Å². The Morgan fingerprint density at radius 2 is 1.93 bits per heavy atom. The van der Waals surface area contributed by atoms with Crippen LogP contribution in [0.3, 0.4) is 0 Å². The lowest BCUT2D eigenvalue weighted by atomic mass is 10.4. The predicted octanol–water partition coefficient (Wildman–Crippen LogP) is 1.05. The van der Waals surface area contributed by atoms with Crippen LogP contribution in [0.2, 0.25) is 0 Å². The molecule has 0 unspecified atom stereocenters. The van der Waals surface area contributed by atoms with E-state index in [1.54, 1.807) is 18.5 Å². The second-order valence-corrected chi connectivity index (χ2v) is 3.32. The van der Waals surface area contributed by atoms with Gasteiger partial charge >= 0.3 is 5.69 Å². The number of nitrogens with zero attached hydrogens (tertiary/aromatic N) is 1.